The maximum Gasteiger partial charge on any atom is 0.262 e. The number of nitrogens with one attached hydrogen (secondary N) is 1. The fraction of sp³-hybridized carbons (Fsp3) is 0.417. The van der Waals surface area contributed by atoms with Crippen molar-refractivity contribution in [2.45, 2.75) is 24.2 Å². The lowest BCUT2D eigenvalue weighted by Gasteiger charge is -2.08. The van der Waals surface area contributed by atoms with E-state index in [1.807, 2.05) is 0 Å². The van der Waals surface area contributed by atoms with E-state index in [0.29, 0.717) is 12.5 Å². The molecule has 1 aliphatic rings. The van der Waals surface area contributed by atoms with E-state index in [2.05, 4.69) is 5.32 Å². The quantitative estimate of drug-likeness (QED) is 0.822. The summed E-state index contributed by atoms with van der Waals surface area (Å²) in [6.07, 6.45) is 3.34. The Hall–Kier alpha value is -0.490. The molecule has 1 fully saturated rings. The zero-order valence-corrected chi connectivity index (χ0v) is 13.4. The second-order valence-corrected chi connectivity index (χ2v) is 8.02. The van der Waals surface area contributed by atoms with Gasteiger partial charge in [-0.1, -0.05) is 36.0 Å². The van der Waals surface area contributed by atoms with Crippen LogP contribution in [0.3, 0.4) is 0 Å². The van der Waals surface area contributed by atoms with Crippen molar-refractivity contribution >= 4 is 48.8 Å². The smallest absolute Gasteiger partial charge is 0.262 e. The first-order chi connectivity index (χ1) is 9.29. The number of amides is 1. The van der Waals surface area contributed by atoms with Gasteiger partial charge < -0.3 is 5.32 Å². The average Bonchev–Trinajstić information content (AvgIpc) is 3.14. The van der Waals surface area contributed by atoms with Gasteiger partial charge in [-0.05, 0) is 24.5 Å². The SMILES string of the molecule is O=C(NCCC1CC1)c1cc(Cl)c(Cl)c(S(=O)(=O)Cl)c1. The van der Waals surface area contributed by atoms with Gasteiger partial charge in [0.2, 0.25) is 0 Å². The summed E-state index contributed by atoms with van der Waals surface area (Å²) in [4.78, 5) is 11.6. The van der Waals surface area contributed by atoms with E-state index in [9.17, 15) is 13.2 Å². The fourth-order valence-electron chi connectivity index (χ4n) is 1.77. The van der Waals surface area contributed by atoms with Crippen molar-refractivity contribution in [3.63, 3.8) is 0 Å². The van der Waals surface area contributed by atoms with Crippen LogP contribution < -0.4 is 5.32 Å². The maximum absolute atomic E-state index is 11.9. The minimum Gasteiger partial charge on any atom is -0.352 e. The van der Waals surface area contributed by atoms with Gasteiger partial charge >= 0.3 is 0 Å². The Balaban J connectivity index is 2.18. The van der Waals surface area contributed by atoms with Gasteiger partial charge in [0.1, 0.15) is 4.90 Å². The molecule has 0 spiro atoms. The monoisotopic (exact) mass is 355 g/mol. The summed E-state index contributed by atoms with van der Waals surface area (Å²) in [5.41, 5.74) is 0.120. The second kappa shape index (κ2) is 6.10. The van der Waals surface area contributed by atoms with E-state index in [1.54, 1.807) is 0 Å². The van der Waals surface area contributed by atoms with Crippen LogP contribution in [0.15, 0.2) is 17.0 Å². The van der Waals surface area contributed by atoms with Gasteiger partial charge in [0.15, 0.2) is 0 Å². The number of hydrogen-bond acceptors (Lipinski definition) is 3. The van der Waals surface area contributed by atoms with Gasteiger partial charge in [-0.3, -0.25) is 4.79 Å². The van der Waals surface area contributed by atoms with Crippen molar-refractivity contribution in [2.75, 3.05) is 6.54 Å². The Kier molecular flexibility index (Phi) is 4.84. The highest BCUT2D eigenvalue weighted by Crippen LogP contribution is 2.33. The van der Waals surface area contributed by atoms with Crippen molar-refractivity contribution < 1.29 is 13.2 Å². The van der Waals surface area contributed by atoms with Crippen LogP contribution in [0.5, 0.6) is 0 Å². The number of carbonyl (C=O) groups excluding carboxylic acids is 1. The molecule has 0 radical (unpaired) electrons. The van der Waals surface area contributed by atoms with E-state index in [-0.39, 0.29) is 20.5 Å². The van der Waals surface area contributed by atoms with Crippen LogP contribution in [0.2, 0.25) is 10.0 Å². The first kappa shape index (κ1) is 15.9. The zero-order chi connectivity index (χ0) is 14.9. The minimum atomic E-state index is -4.06. The summed E-state index contributed by atoms with van der Waals surface area (Å²) >= 11 is 11.6. The molecule has 1 N–H and O–H groups in total. The lowest BCUT2D eigenvalue weighted by atomic mass is 10.2. The number of benzene rings is 1. The summed E-state index contributed by atoms with van der Waals surface area (Å²) in [6.45, 7) is 0.548. The fourth-order valence-corrected chi connectivity index (χ4v) is 3.54. The molecule has 1 aromatic carbocycles. The Labute approximate surface area is 131 Å². The first-order valence-electron chi connectivity index (χ1n) is 6.01. The molecule has 0 heterocycles. The molecule has 0 unspecified atom stereocenters. The van der Waals surface area contributed by atoms with E-state index in [0.717, 1.165) is 12.5 Å². The van der Waals surface area contributed by atoms with Gasteiger partial charge in [0, 0.05) is 22.8 Å². The maximum atomic E-state index is 11.9. The largest absolute Gasteiger partial charge is 0.352 e. The molecule has 0 aliphatic heterocycles. The molecule has 0 bridgehead atoms. The predicted octanol–water partition coefficient (Wildman–Crippen LogP) is 3.45. The topological polar surface area (TPSA) is 63.2 Å². The average molecular weight is 357 g/mol. The molecule has 8 heteroatoms. The van der Waals surface area contributed by atoms with Crippen LogP contribution in [0.1, 0.15) is 29.6 Å². The third-order valence-electron chi connectivity index (χ3n) is 3.05. The van der Waals surface area contributed by atoms with Crippen LogP contribution in [-0.2, 0) is 9.05 Å². The van der Waals surface area contributed by atoms with Crippen molar-refractivity contribution in [3.05, 3.63) is 27.7 Å². The minimum absolute atomic E-state index is 0.0271. The Morgan fingerprint density at radius 2 is 1.95 bits per heavy atom. The molecule has 4 nitrogen and oxygen atoms in total. The summed E-state index contributed by atoms with van der Waals surface area (Å²) in [5, 5.41) is 2.51. The van der Waals surface area contributed by atoms with Crippen LogP contribution >= 0.6 is 33.9 Å². The Morgan fingerprint density at radius 1 is 1.30 bits per heavy atom. The highest BCUT2D eigenvalue weighted by atomic mass is 35.7. The number of carbonyl (C=O) groups is 1. The molecule has 1 aromatic rings. The number of halogens is 3. The lowest BCUT2D eigenvalue weighted by molar-refractivity contribution is 0.0952. The van der Waals surface area contributed by atoms with E-state index in [1.165, 1.54) is 18.9 Å². The second-order valence-electron chi connectivity index (χ2n) is 4.70. The molecule has 0 atom stereocenters. The Morgan fingerprint density at radius 3 is 2.50 bits per heavy atom. The lowest BCUT2D eigenvalue weighted by Crippen LogP contribution is -2.25. The van der Waals surface area contributed by atoms with E-state index >= 15 is 0 Å². The summed E-state index contributed by atoms with van der Waals surface area (Å²) in [7, 11) is 1.20. The van der Waals surface area contributed by atoms with Gasteiger partial charge in [0.25, 0.3) is 15.0 Å². The Bertz CT molecular complexity index is 642. The molecule has 1 amide bonds. The standard InChI is InChI=1S/C12H12Cl3NO3S/c13-9-5-8(6-10(11(9)14)20(15,18)19)12(17)16-4-3-7-1-2-7/h5-7H,1-4H2,(H,16,17). The van der Waals surface area contributed by atoms with Crippen molar-refractivity contribution in [2.24, 2.45) is 5.92 Å². The highest BCUT2D eigenvalue weighted by Gasteiger charge is 2.22. The van der Waals surface area contributed by atoms with Crippen molar-refractivity contribution in [1.82, 2.24) is 5.32 Å². The zero-order valence-electron chi connectivity index (χ0n) is 10.3. The summed E-state index contributed by atoms with van der Waals surface area (Å²) in [6, 6.07) is 2.45. The molecule has 0 saturated heterocycles. The first-order valence-corrected chi connectivity index (χ1v) is 9.07. The number of hydrogen-bond donors (Lipinski definition) is 1. The highest BCUT2D eigenvalue weighted by molar-refractivity contribution is 8.13. The normalized spacial score (nSPS) is 15.2. The molecular formula is C12H12Cl3NO3S. The third-order valence-corrected chi connectivity index (χ3v) is 5.31. The van der Waals surface area contributed by atoms with Crippen LogP contribution in [0.25, 0.3) is 0 Å². The summed E-state index contributed by atoms with van der Waals surface area (Å²) in [5.74, 6) is 0.300. The molecule has 110 valence electrons. The predicted molar refractivity (Wildman–Crippen MR) is 79.2 cm³/mol. The number of rotatable bonds is 5. The van der Waals surface area contributed by atoms with Crippen molar-refractivity contribution in [1.29, 1.82) is 0 Å². The van der Waals surface area contributed by atoms with Crippen LogP contribution in [-0.4, -0.2) is 20.9 Å². The van der Waals surface area contributed by atoms with E-state index in [4.69, 9.17) is 33.9 Å². The van der Waals surface area contributed by atoms with Crippen LogP contribution in [0.4, 0.5) is 0 Å². The molecule has 1 saturated carbocycles. The van der Waals surface area contributed by atoms with Gasteiger partial charge in [-0.25, -0.2) is 8.42 Å². The van der Waals surface area contributed by atoms with Gasteiger partial charge in [-0.15, -0.1) is 0 Å². The van der Waals surface area contributed by atoms with Gasteiger partial charge in [0.05, 0.1) is 10.0 Å². The molecule has 1 aliphatic carbocycles. The summed E-state index contributed by atoms with van der Waals surface area (Å²) < 4.78 is 22.8. The molecule has 2 rings (SSSR count). The molecule has 0 aromatic heterocycles. The van der Waals surface area contributed by atoms with Crippen molar-refractivity contribution in [3.8, 4) is 0 Å². The van der Waals surface area contributed by atoms with Gasteiger partial charge in [-0.2, -0.15) is 0 Å². The third kappa shape index (κ3) is 4.01. The molecule has 20 heavy (non-hydrogen) atoms. The molecular weight excluding hydrogens is 345 g/mol. The van der Waals surface area contributed by atoms with Crippen LogP contribution in [0, 0.1) is 5.92 Å². The van der Waals surface area contributed by atoms with E-state index < -0.39 is 15.0 Å².